The van der Waals surface area contributed by atoms with Crippen LogP contribution < -0.4 is 10.6 Å². The molecule has 0 atom stereocenters. The minimum atomic E-state index is -0.684. The van der Waals surface area contributed by atoms with Crippen molar-refractivity contribution in [1.29, 1.82) is 0 Å². The minimum Gasteiger partial charge on any atom is -0.462 e. The number of amides is 2. The molecule has 2 aromatic carbocycles. The van der Waals surface area contributed by atoms with Gasteiger partial charge in [-0.3, -0.25) is 24.3 Å². The van der Waals surface area contributed by atoms with Crippen molar-refractivity contribution in [2.75, 3.05) is 24.3 Å². The zero-order valence-electron chi connectivity index (χ0n) is 24.7. The van der Waals surface area contributed by atoms with Gasteiger partial charge in [0.25, 0.3) is 11.6 Å². The Hall–Kier alpha value is -4.80. The average molecular weight is 687 g/mol. The summed E-state index contributed by atoms with van der Waals surface area (Å²) in [4.78, 5) is 61.5. The van der Waals surface area contributed by atoms with Crippen molar-refractivity contribution in [2.24, 2.45) is 0 Å². The molecule has 0 saturated heterocycles. The summed E-state index contributed by atoms with van der Waals surface area (Å²) in [6.07, 6.45) is 0. The number of esters is 2. The number of benzene rings is 2. The summed E-state index contributed by atoms with van der Waals surface area (Å²) in [6, 6.07) is 11.9. The SMILES string of the molecule is CCOC(=O)c1sc(NC(=O)CSc2nnc(CNC(=O)c3ccc([N+](=O)[O-])cc3)n2-c2cccc(Cl)c2)c(C(=O)OCC)c1C. The number of thiophene rings is 1. The first-order chi connectivity index (χ1) is 22.0. The second kappa shape index (κ2) is 15.5. The van der Waals surface area contributed by atoms with Crippen LogP contribution in [0, 0.1) is 17.0 Å². The van der Waals surface area contributed by atoms with E-state index in [2.05, 4.69) is 20.8 Å². The third-order valence-corrected chi connectivity index (χ3v) is 8.54. The molecule has 0 fully saturated rings. The first-order valence-electron chi connectivity index (χ1n) is 13.7. The predicted octanol–water partition coefficient (Wildman–Crippen LogP) is 5.21. The van der Waals surface area contributed by atoms with Crippen molar-refractivity contribution >= 4 is 69.1 Å². The van der Waals surface area contributed by atoms with Gasteiger partial charge in [0.2, 0.25) is 5.91 Å². The van der Waals surface area contributed by atoms with Crippen molar-refractivity contribution in [3.05, 3.63) is 91.1 Å². The molecule has 2 heterocycles. The monoisotopic (exact) mass is 686 g/mol. The smallest absolute Gasteiger partial charge is 0.348 e. The number of non-ortho nitro benzene ring substituents is 1. The standard InChI is InChI=1S/C29H27ClN6O8S2/c1-4-43-27(39)23-16(3)24(28(40)44-5-2)46-26(23)32-22(37)15-45-29-34-33-21(35(29)20-8-6-7-18(30)13-20)14-31-25(38)17-9-11-19(12-10-17)36(41)42/h6-13H,4-5,14-15H2,1-3H3,(H,31,38)(H,32,37). The Morgan fingerprint density at radius 2 is 1.74 bits per heavy atom. The Morgan fingerprint density at radius 1 is 1.04 bits per heavy atom. The van der Waals surface area contributed by atoms with E-state index in [0.717, 1.165) is 23.1 Å². The van der Waals surface area contributed by atoms with Crippen LogP contribution in [0.15, 0.2) is 53.7 Å². The lowest BCUT2D eigenvalue weighted by atomic mass is 10.1. The molecular formula is C29H27ClN6O8S2. The van der Waals surface area contributed by atoms with Crippen LogP contribution in [0.25, 0.3) is 5.69 Å². The van der Waals surface area contributed by atoms with E-state index >= 15 is 0 Å². The summed E-state index contributed by atoms with van der Waals surface area (Å²) >= 11 is 8.19. The molecule has 17 heteroatoms. The maximum atomic E-state index is 13.1. The second-order valence-corrected chi connectivity index (χ2v) is 11.6. The highest BCUT2D eigenvalue weighted by Crippen LogP contribution is 2.35. The Kier molecular flexibility index (Phi) is 11.5. The zero-order valence-corrected chi connectivity index (χ0v) is 27.1. The quantitative estimate of drug-likeness (QED) is 0.0814. The van der Waals surface area contributed by atoms with Crippen LogP contribution in [0.3, 0.4) is 0 Å². The van der Waals surface area contributed by atoms with Gasteiger partial charge in [-0.05, 0) is 56.7 Å². The van der Waals surface area contributed by atoms with E-state index in [9.17, 15) is 29.3 Å². The normalized spacial score (nSPS) is 10.7. The number of hydrogen-bond donors (Lipinski definition) is 2. The van der Waals surface area contributed by atoms with Gasteiger partial charge in [-0.1, -0.05) is 29.4 Å². The van der Waals surface area contributed by atoms with Gasteiger partial charge in [-0.15, -0.1) is 21.5 Å². The fourth-order valence-corrected chi connectivity index (χ4v) is 6.17. The topological polar surface area (TPSA) is 185 Å². The predicted molar refractivity (Wildman–Crippen MR) is 171 cm³/mol. The van der Waals surface area contributed by atoms with E-state index in [1.54, 1.807) is 49.6 Å². The van der Waals surface area contributed by atoms with E-state index in [4.69, 9.17) is 21.1 Å². The van der Waals surface area contributed by atoms with E-state index < -0.39 is 28.7 Å². The molecule has 2 N–H and O–H groups in total. The van der Waals surface area contributed by atoms with E-state index in [1.165, 1.54) is 24.3 Å². The summed E-state index contributed by atoms with van der Waals surface area (Å²) in [5.74, 6) is -2.14. The number of ether oxygens (including phenoxy) is 2. The Balaban J connectivity index is 1.53. The first-order valence-corrected chi connectivity index (χ1v) is 15.8. The first kappa shape index (κ1) is 34.1. The number of nitro benzene ring substituents is 1. The van der Waals surface area contributed by atoms with Gasteiger partial charge in [-0.25, -0.2) is 9.59 Å². The van der Waals surface area contributed by atoms with Gasteiger partial charge >= 0.3 is 11.9 Å². The molecule has 0 aliphatic rings. The molecule has 46 heavy (non-hydrogen) atoms. The van der Waals surface area contributed by atoms with Gasteiger partial charge in [0, 0.05) is 22.7 Å². The van der Waals surface area contributed by atoms with Gasteiger partial charge in [0.15, 0.2) is 11.0 Å². The van der Waals surface area contributed by atoms with Crippen LogP contribution in [0.5, 0.6) is 0 Å². The lowest BCUT2D eigenvalue weighted by Gasteiger charge is -2.12. The number of halogens is 1. The summed E-state index contributed by atoms with van der Waals surface area (Å²) in [5, 5.41) is 25.6. The molecule has 2 amide bonds. The largest absolute Gasteiger partial charge is 0.462 e. The molecule has 0 unspecified atom stereocenters. The fraction of sp³-hybridized carbons (Fsp3) is 0.241. The van der Waals surface area contributed by atoms with Crippen molar-refractivity contribution in [1.82, 2.24) is 20.1 Å². The number of carbonyl (C=O) groups is 4. The summed E-state index contributed by atoms with van der Waals surface area (Å²) in [7, 11) is 0. The molecule has 0 bridgehead atoms. The maximum Gasteiger partial charge on any atom is 0.348 e. The summed E-state index contributed by atoms with van der Waals surface area (Å²) in [6.45, 7) is 5.05. The van der Waals surface area contributed by atoms with Crippen LogP contribution in [-0.4, -0.2) is 62.4 Å². The highest BCUT2D eigenvalue weighted by molar-refractivity contribution is 7.99. The molecule has 0 aliphatic heterocycles. The molecule has 0 saturated carbocycles. The molecule has 0 radical (unpaired) electrons. The average Bonchev–Trinajstić information content (AvgIpc) is 3.59. The van der Waals surface area contributed by atoms with Gasteiger partial charge in [0.05, 0.1) is 41.7 Å². The van der Waals surface area contributed by atoms with Gasteiger partial charge < -0.3 is 20.1 Å². The number of rotatable bonds is 13. The molecule has 0 spiro atoms. The molecule has 4 aromatic rings. The number of carbonyl (C=O) groups excluding carboxylic acids is 4. The van der Waals surface area contributed by atoms with Crippen molar-refractivity contribution < 1.29 is 33.6 Å². The summed E-state index contributed by atoms with van der Waals surface area (Å²) < 4.78 is 11.9. The zero-order chi connectivity index (χ0) is 33.4. The molecular weight excluding hydrogens is 660 g/mol. The second-order valence-electron chi connectivity index (χ2n) is 9.24. The number of hydrogen-bond acceptors (Lipinski definition) is 12. The number of nitrogens with zero attached hydrogens (tertiary/aromatic N) is 4. The maximum absolute atomic E-state index is 13.1. The third-order valence-electron chi connectivity index (χ3n) is 6.19. The molecule has 0 aliphatic carbocycles. The van der Waals surface area contributed by atoms with E-state index in [1.807, 2.05) is 0 Å². The highest BCUT2D eigenvalue weighted by Gasteiger charge is 2.27. The summed E-state index contributed by atoms with van der Waals surface area (Å²) in [5.41, 5.74) is 1.04. The third kappa shape index (κ3) is 8.07. The van der Waals surface area contributed by atoms with Gasteiger partial charge in [-0.2, -0.15) is 0 Å². The minimum absolute atomic E-state index is 0.0707. The van der Waals surface area contributed by atoms with Crippen LogP contribution in [0.4, 0.5) is 10.7 Å². The molecule has 14 nitrogen and oxygen atoms in total. The van der Waals surface area contributed by atoms with Crippen molar-refractivity contribution in [2.45, 2.75) is 32.5 Å². The number of anilines is 1. The van der Waals surface area contributed by atoms with Crippen molar-refractivity contribution in [3.63, 3.8) is 0 Å². The van der Waals surface area contributed by atoms with Crippen LogP contribution >= 0.6 is 34.7 Å². The molecule has 240 valence electrons. The molecule has 2 aromatic heterocycles. The van der Waals surface area contributed by atoms with Crippen LogP contribution in [0.1, 0.15) is 55.6 Å². The van der Waals surface area contributed by atoms with E-state index in [0.29, 0.717) is 27.3 Å². The van der Waals surface area contributed by atoms with Gasteiger partial charge in [0.1, 0.15) is 9.88 Å². The van der Waals surface area contributed by atoms with Crippen LogP contribution in [0.2, 0.25) is 5.02 Å². The van der Waals surface area contributed by atoms with E-state index in [-0.39, 0.29) is 52.2 Å². The number of aromatic nitrogens is 3. The van der Waals surface area contributed by atoms with Crippen LogP contribution in [-0.2, 0) is 20.8 Å². The number of thioether (sulfide) groups is 1. The Labute approximate surface area is 275 Å². The number of nitro groups is 1. The lowest BCUT2D eigenvalue weighted by Crippen LogP contribution is -2.24. The Morgan fingerprint density at radius 3 is 2.39 bits per heavy atom. The van der Waals surface area contributed by atoms with Crippen molar-refractivity contribution in [3.8, 4) is 5.69 Å². The molecule has 4 rings (SSSR count). The fourth-order valence-electron chi connectivity index (χ4n) is 4.11. The highest BCUT2D eigenvalue weighted by atomic mass is 35.5. The lowest BCUT2D eigenvalue weighted by molar-refractivity contribution is -0.384. The Bertz CT molecular complexity index is 1790. The number of nitrogens with one attached hydrogen (secondary N) is 2.